The summed E-state index contributed by atoms with van der Waals surface area (Å²) in [6, 6.07) is 5.36. The Balaban J connectivity index is 2.31. The lowest BCUT2D eigenvalue weighted by Gasteiger charge is -2.35. The summed E-state index contributed by atoms with van der Waals surface area (Å²) in [7, 11) is 0. The molecule has 1 fully saturated rings. The van der Waals surface area contributed by atoms with Gasteiger partial charge in [-0.1, -0.05) is 29.3 Å². The topological polar surface area (TPSA) is 29.5 Å². The van der Waals surface area contributed by atoms with Crippen LogP contribution in [0.5, 0.6) is 0 Å². The minimum absolute atomic E-state index is 0.336. The van der Waals surface area contributed by atoms with E-state index in [-0.39, 0.29) is 5.60 Å². The molecule has 19 heavy (non-hydrogen) atoms. The largest absolute Gasteiger partial charge is 0.386 e. The van der Waals surface area contributed by atoms with Gasteiger partial charge in [0, 0.05) is 22.9 Å². The Morgan fingerprint density at radius 2 is 1.84 bits per heavy atom. The lowest BCUT2D eigenvalue weighted by molar-refractivity contribution is -0.125. The number of halogens is 2. The number of hydrogen-bond acceptors (Lipinski definition) is 2. The average Bonchev–Trinajstić information content (AvgIpc) is 2.35. The van der Waals surface area contributed by atoms with E-state index in [0.29, 0.717) is 22.9 Å². The van der Waals surface area contributed by atoms with E-state index in [9.17, 15) is 5.11 Å². The Bertz CT molecular complexity index is 497. The molecule has 1 aromatic rings. The second-order valence-corrected chi connectivity index (χ2v) is 7.34. The highest BCUT2D eigenvalue weighted by molar-refractivity contribution is 6.35. The molecule has 1 aromatic carbocycles. The van der Waals surface area contributed by atoms with Gasteiger partial charge in [-0.25, -0.2) is 0 Å². The minimum Gasteiger partial charge on any atom is -0.386 e. The normalized spacial score (nSPS) is 28.6. The van der Waals surface area contributed by atoms with E-state index in [1.165, 1.54) is 0 Å². The molecule has 0 amide bonds. The third kappa shape index (κ3) is 2.92. The van der Waals surface area contributed by atoms with Crippen LogP contribution in [-0.4, -0.2) is 21.9 Å². The second kappa shape index (κ2) is 4.63. The van der Waals surface area contributed by atoms with Crippen molar-refractivity contribution in [3.05, 3.63) is 33.8 Å². The van der Waals surface area contributed by atoms with Crippen molar-refractivity contribution in [2.75, 3.05) is 0 Å². The molecule has 2 rings (SSSR count). The fourth-order valence-electron chi connectivity index (χ4n) is 2.99. The zero-order chi connectivity index (χ0) is 14.5. The van der Waals surface area contributed by atoms with E-state index in [1.807, 2.05) is 33.8 Å². The molecule has 1 aliphatic heterocycles. The van der Waals surface area contributed by atoms with Crippen molar-refractivity contribution in [3.8, 4) is 0 Å². The summed E-state index contributed by atoms with van der Waals surface area (Å²) in [4.78, 5) is 0. The Kier molecular flexibility index (Phi) is 3.68. The van der Waals surface area contributed by atoms with Crippen LogP contribution in [0.15, 0.2) is 18.2 Å². The van der Waals surface area contributed by atoms with Crippen LogP contribution in [0.2, 0.25) is 10.0 Å². The summed E-state index contributed by atoms with van der Waals surface area (Å²) in [6.45, 7) is 7.84. The van der Waals surface area contributed by atoms with Gasteiger partial charge in [0.25, 0.3) is 0 Å². The van der Waals surface area contributed by atoms with Gasteiger partial charge in [-0.3, -0.25) is 0 Å². The van der Waals surface area contributed by atoms with Crippen LogP contribution in [0.1, 0.15) is 39.7 Å². The highest BCUT2D eigenvalue weighted by atomic mass is 35.5. The van der Waals surface area contributed by atoms with Gasteiger partial charge in [0.15, 0.2) is 0 Å². The monoisotopic (exact) mass is 302 g/mol. The fourth-order valence-corrected chi connectivity index (χ4v) is 3.47. The first-order valence-corrected chi connectivity index (χ1v) is 7.17. The van der Waals surface area contributed by atoms with E-state index in [0.717, 1.165) is 5.56 Å². The molecular weight excluding hydrogens is 283 g/mol. The molecule has 2 nitrogen and oxygen atoms in total. The molecule has 0 aromatic heterocycles. The van der Waals surface area contributed by atoms with Crippen LogP contribution < -0.4 is 0 Å². The average molecular weight is 303 g/mol. The molecule has 0 radical (unpaired) electrons. The van der Waals surface area contributed by atoms with Crippen LogP contribution >= 0.6 is 23.2 Å². The Morgan fingerprint density at radius 1 is 1.21 bits per heavy atom. The van der Waals surface area contributed by atoms with Crippen LogP contribution in [0, 0.1) is 0 Å². The predicted molar refractivity (Wildman–Crippen MR) is 79.0 cm³/mol. The zero-order valence-electron chi connectivity index (χ0n) is 11.8. The molecule has 0 spiro atoms. The van der Waals surface area contributed by atoms with Gasteiger partial charge in [-0.05, 0) is 45.4 Å². The number of rotatable bonds is 2. The van der Waals surface area contributed by atoms with E-state index in [4.69, 9.17) is 27.9 Å². The summed E-state index contributed by atoms with van der Waals surface area (Å²) < 4.78 is 5.97. The molecule has 1 saturated heterocycles. The van der Waals surface area contributed by atoms with Crippen molar-refractivity contribution < 1.29 is 9.84 Å². The zero-order valence-corrected chi connectivity index (χ0v) is 13.3. The lowest BCUT2D eigenvalue weighted by Crippen LogP contribution is -2.48. The summed E-state index contributed by atoms with van der Waals surface area (Å²) in [5, 5.41) is 12.2. The first-order chi connectivity index (χ1) is 8.55. The van der Waals surface area contributed by atoms with Crippen molar-refractivity contribution in [1.82, 2.24) is 0 Å². The van der Waals surface area contributed by atoms with Crippen LogP contribution in [0.3, 0.4) is 0 Å². The second-order valence-electron chi connectivity index (χ2n) is 6.49. The molecule has 1 heterocycles. The fraction of sp³-hybridized carbons (Fsp3) is 0.600. The molecule has 0 bridgehead atoms. The van der Waals surface area contributed by atoms with E-state index < -0.39 is 11.2 Å². The van der Waals surface area contributed by atoms with E-state index in [1.54, 1.807) is 12.1 Å². The van der Waals surface area contributed by atoms with Crippen molar-refractivity contribution in [2.45, 2.75) is 57.3 Å². The van der Waals surface area contributed by atoms with Crippen molar-refractivity contribution in [2.24, 2.45) is 0 Å². The van der Waals surface area contributed by atoms with E-state index in [2.05, 4.69) is 0 Å². The lowest BCUT2D eigenvalue weighted by atomic mass is 9.78. The molecule has 1 atom stereocenters. The van der Waals surface area contributed by atoms with E-state index >= 15 is 0 Å². The van der Waals surface area contributed by atoms with Gasteiger partial charge in [0.2, 0.25) is 0 Å². The van der Waals surface area contributed by atoms with Gasteiger partial charge >= 0.3 is 0 Å². The number of benzene rings is 1. The maximum absolute atomic E-state index is 11.0. The molecule has 1 unspecified atom stereocenters. The third-order valence-corrected chi connectivity index (χ3v) is 4.46. The smallest absolute Gasteiger partial charge is 0.0998 e. The van der Waals surface area contributed by atoms with Gasteiger partial charge in [0.05, 0.1) is 16.8 Å². The Morgan fingerprint density at radius 3 is 2.32 bits per heavy atom. The highest BCUT2D eigenvalue weighted by Crippen LogP contribution is 2.47. The Hall–Kier alpha value is -0.280. The molecule has 1 aliphatic rings. The SMILES string of the molecule is CC1(C)CC(O)(Cc2ccc(Cl)cc2Cl)C(C)(C)O1. The third-order valence-electron chi connectivity index (χ3n) is 3.87. The van der Waals surface area contributed by atoms with Gasteiger partial charge in [-0.15, -0.1) is 0 Å². The number of ether oxygens (including phenoxy) is 1. The maximum atomic E-state index is 11.0. The van der Waals surface area contributed by atoms with Crippen LogP contribution in [-0.2, 0) is 11.2 Å². The van der Waals surface area contributed by atoms with Crippen molar-refractivity contribution >= 4 is 23.2 Å². The van der Waals surface area contributed by atoms with Gasteiger partial charge in [-0.2, -0.15) is 0 Å². The molecule has 1 N–H and O–H groups in total. The number of hydrogen-bond donors (Lipinski definition) is 1. The maximum Gasteiger partial charge on any atom is 0.0998 e. The number of aliphatic hydroxyl groups is 1. The molecular formula is C15H20Cl2O2. The summed E-state index contributed by atoms with van der Waals surface area (Å²) in [6.07, 6.45) is 1.03. The first kappa shape index (κ1) is 15.1. The minimum atomic E-state index is -0.937. The molecule has 106 valence electrons. The first-order valence-electron chi connectivity index (χ1n) is 6.41. The summed E-state index contributed by atoms with van der Waals surface area (Å²) in [5.41, 5.74) is -0.993. The molecule has 0 aliphatic carbocycles. The van der Waals surface area contributed by atoms with Crippen molar-refractivity contribution in [1.29, 1.82) is 0 Å². The molecule has 0 saturated carbocycles. The summed E-state index contributed by atoms with van der Waals surface area (Å²) >= 11 is 12.1. The van der Waals surface area contributed by atoms with Crippen LogP contribution in [0.4, 0.5) is 0 Å². The summed E-state index contributed by atoms with van der Waals surface area (Å²) in [5.74, 6) is 0. The quantitative estimate of drug-likeness (QED) is 0.885. The van der Waals surface area contributed by atoms with Gasteiger partial charge < -0.3 is 9.84 Å². The van der Waals surface area contributed by atoms with Crippen LogP contribution in [0.25, 0.3) is 0 Å². The standard InChI is InChI=1S/C15H20Cl2O2/c1-13(2)9-15(18,14(3,4)19-13)8-10-5-6-11(16)7-12(10)17/h5-7,18H,8-9H2,1-4H3. The van der Waals surface area contributed by atoms with Crippen molar-refractivity contribution in [3.63, 3.8) is 0 Å². The van der Waals surface area contributed by atoms with Gasteiger partial charge in [0.1, 0.15) is 0 Å². The highest BCUT2D eigenvalue weighted by Gasteiger charge is 2.56. The molecule has 4 heteroatoms. The predicted octanol–water partition coefficient (Wildman–Crippen LogP) is 4.24. The Labute approximate surface area is 124 Å².